The Kier molecular flexibility index (Phi) is 8.55. The average Bonchev–Trinajstić information content (AvgIpc) is 2.80. The number of carbonyl (C=O) groups is 2. The number of amides is 2. The molecule has 0 spiro atoms. The van der Waals surface area contributed by atoms with E-state index in [-0.39, 0.29) is 23.7 Å². The molecule has 3 aromatic carbocycles. The summed E-state index contributed by atoms with van der Waals surface area (Å²) in [7, 11) is 0. The van der Waals surface area contributed by atoms with Gasteiger partial charge < -0.3 is 20.5 Å². The van der Waals surface area contributed by atoms with Crippen molar-refractivity contribution in [3.63, 3.8) is 0 Å². The van der Waals surface area contributed by atoms with Gasteiger partial charge in [0.25, 0.3) is 11.8 Å². The number of halogens is 3. The molecule has 0 unspecified atom stereocenters. The van der Waals surface area contributed by atoms with Crippen molar-refractivity contribution in [2.24, 2.45) is 0 Å². The van der Waals surface area contributed by atoms with Crippen LogP contribution in [0.4, 0.5) is 11.4 Å². The number of nitrogens with one attached hydrogen (secondary N) is 2. The Bertz CT molecular complexity index is 1300. The molecular formula is C24H16BrCl2N3O4. The number of phenolic OH excluding ortho intramolecular Hbond substituents is 1. The summed E-state index contributed by atoms with van der Waals surface area (Å²) in [6.07, 6.45) is 1.35. The van der Waals surface area contributed by atoms with Gasteiger partial charge in [0.1, 0.15) is 23.1 Å². The molecule has 3 rings (SSSR count). The molecule has 172 valence electrons. The molecule has 0 bridgehead atoms. The van der Waals surface area contributed by atoms with Gasteiger partial charge in [-0.05, 0) is 66.7 Å². The summed E-state index contributed by atoms with van der Waals surface area (Å²) in [4.78, 5) is 24.9. The fourth-order valence-electron chi connectivity index (χ4n) is 2.73. The Morgan fingerprint density at radius 1 is 1.00 bits per heavy atom. The lowest BCUT2D eigenvalue weighted by Gasteiger charge is -2.11. The molecule has 0 atom stereocenters. The topological polar surface area (TPSA) is 111 Å². The molecule has 0 heterocycles. The third-order valence-corrected chi connectivity index (χ3v) is 5.56. The van der Waals surface area contributed by atoms with Gasteiger partial charge in [-0.15, -0.1) is 0 Å². The van der Waals surface area contributed by atoms with Gasteiger partial charge in [0.05, 0.1) is 10.0 Å². The first-order valence-corrected chi connectivity index (χ1v) is 11.2. The van der Waals surface area contributed by atoms with Crippen LogP contribution in [0.5, 0.6) is 11.5 Å². The Morgan fingerprint density at radius 2 is 1.71 bits per heavy atom. The van der Waals surface area contributed by atoms with Gasteiger partial charge in [0, 0.05) is 21.4 Å². The maximum absolute atomic E-state index is 12.5. The van der Waals surface area contributed by atoms with E-state index in [1.54, 1.807) is 30.3 Å². The molecular weight excluding hydrogens is 545 g/mol. The summed E-state index contributed by atoms with van der Waals surface area (Å²) in [5.41, 5.74) is 1.09. The molecule has 0 aliphatic heterocycles. The van der Waals surface area contributed by atoms with Crippen LogP contribution in [0.1, 0.15) is 5.56 Å². The predicted octanol–water partition coefficient (Wildman–Crippen LogP) is 6.02. The summed E-state index contributed by atoms with van der Waals surface area (Å²) >= 11 is 15.2. The Balaban J connectivity index is 1.73. The standard InChI is InChI=1S/C24H16BrCl2N3O4/c25-16-1-8-22(34-13-23(32)29-18-4-7-20(26)21(27)11-18)14(10-16)9-15(12-28)24(33)30-17-2-5-19(31)6-3-17/h1-11,31H,13H2,(H,29,32)(H,30,33)/b15-9+. The summed E-state index contributed by atoms with van der Waals surface area (Å²) in [5, 5.41) is 24.8. The first kappa shape index (κ1) is 25.1. The van der Waals surface area contributed by atoms with Crippen LogP contribution in [0.15, 0.2) is 70.7 Å². The molecule has 0 aromatic heterocycles. The Hall–Kier alpha value is -3.51. The van der Waals surface area contributed by atoms with Crippen LogP contribution in [0, 0.1) is 11.3 Å². The smallest absolute Gasteiger partial charge is 0.266 e. The molecule has 3 aromatic rings. The lowest BCUT2D eigenvalue weighted by molar-refractivity contribution is -0.118. The average molecular weight is 561 g/mol. The van der Waals surface area contributed by atoms with E-state index in [1.165, 1.54) is 36.4 Å². The third kappa shape index (κ3) is 6.99. The van der Waals surface area contributed by atoms with Crippen LogP contribution in [0.3, 0.4) is 0 Å². The normalized spacial score (nSPS) is 10.8. The fraction of sp³-hybridized carbons (Fsp3) is 0.0417. The molecule has 34 heavy (non-hydrogen) atoms. The highest BCUT2D eigenvalue weighted by Gasteiger charge is 2.13. The van der Waals surface area contributed by atoms with Gasteiger partial charge in [0.15, 0.2) is 6.61 Å². The second kappa shape index (κ2) is 11.6. The largest absolute Gasteiger partial charge is 0.508 e. The van der Waals surface area contributed by atoms with Crippen LogP contribution in [-0.2, 0) is 9.59 Å². The molecule has 3 N–H and O–H groups in total. The van der Waals surface area contributed by atoms with E-state index in [9.17, 15) is 20.0 Å². The van der Waals surface area contributed by atoms with Gasteiger partial charge >= 0.3 is 0 Å². The number of aromatic hydroxyl groups is 1. The summed E-state index contributed by atoms with van der Waals surface area (Å²) in [5.74, 6) is -0.746. The molecule has 0 fully saturated rings. The quantitative estimate of drug-likeness (QED) is 0.186. The van der Waals surface area contributed by atoms with E-state index >= 15 is 0 Å². The van der Waals surface area contributed by atoms with Crippen molar-refractivity contribution in [3.8, 4) is 17.6 Å². The minimum atomic E-state index is -0.642. The number of benzene rings is 3. The maximum atomic E-state index is 12.5. The number of ether oxygens (including phenoxy) is 1. The van der Waals surface area contributed by atoms with Crippen molar-refractivity contribution in [2.75, 3.05) is 17.2 Å². The first-order valence-electron chi connectivity index (χ1n) is 9.64. The highest BCUT2D eigenvalue weighted by atomic mass is 79.9. The molecule has 7 nitrogen and oxygen atoms in total. The SMILES string of the molecule is N#C/C(=C\c1cc(Br)ccc1OCC(=O)Nc1ccc(Cl)c(Cl)c1)C(=O)Nc1ccc(O)cc1. The van der Waals surface area contributed by atoms with Crippen molar-refractivity contribution in [3.05, 3.63) is 86.3 Å². The van der Waals surface area contributed by atoms with Crippen molar-refractivity contribution in [1.29, 1.82) is 5.26 Å². The second-order valence-electron chi connectivity index (χ2n) is 6.82. The molecule has 0 aliphatic carbocycles. The van der Waals surface area contributed by atoms with Crippen LogP contribution in [0.2, 0.25) is 10.0 Å². The monoisotopic (exact) mass is 559 g/mol. The van der Waals surface area contributed by atoms with Gasteiger partial charge in [-0.1, -0.05) is 39.1 Å². The van der Waals surface area contributed by atoms with Crippen molar-refractivity contribution >= 4 is 68.4 Å². The Morgan fingerprint density at radius 3 is 2.38 bits per heavy atom. The maximum Gasteiger partial charge on any atom is 0.266 e. The van der Waals surface area contributed by atoms with Gasteiger partial charge in [-0.2, -0.15) is 5.26 Å². The second-order valence-corrected chi connectivity index (χ2v) is 8.55. The van der Waals surface area contributed by atoms with Crippen LogP contribution in [0.25, 0.3) is 6.08 Å². The highest BCUT2D eigenvalue weighted by molar-refractivity contribution is 9.10. The van der Waals surface area contributed by atoms with E-state index in [2.05, 4.69) is 26.6 Å². The zero-order chi connectivity index (χ0) is 24.7. The van der Waals surface area contributed by atoms with Crippen molar-refractivity contribution in [2.45, 2.75) is 0 Å². The molecule has 10 heteroatoms. The summed E-state index contributed by atoms with van der Waals surface area (Å²) in [6, 6.07) is 17.3. The molecule has 2 amide bonds. The van der Waals surface area contributed by atoms with Crippen LogP contribution < -0.4 is 15.4 Å². The number of anilines is 2. The van der Waals surface area contributed by atoms with E-state index in [0.717, 1.165) is 0 Å². The first-order chi connectivity index (χ1) is 16.2. The van der Waals surface area contributed by atoms with Crippen LogP contribution >= 0.6 is 39.1 Å². The van der Waals surface area contributed by atoms with E-state index in [1.807, 2.05) is 6.07 Å². The number of hydrogen-bond acceptors (Lipinski definition) is 5. The third-order valence-electron chi connectivity index (χ3n) is 4.32. The summed E-state index contributed by atoms with van der Waals surface area (Å²) in [6.45, 7) is -0.329. The fourth-order valence-corrected chi connectivity index (χ4v) is 3.40. The lowest BCUT2D eigenvalue weighted by atomic mass is 10.1. The van der Waals surface area contributed by atoms with E-state index < -0.39 is 11.8 Å². The predicted molar refractivity (Wildman–Crippen MR) is 135 cm³/mol. The number of nitrogens with zero attached hydrogens (tertiary/aromatic N) is 1. The molecule has 0 saturated heterocycles. The number of hydrogen-bond donors (Lipinski definition) is 3. The molecule has 0 aliphatic rings. The van der Waals surface area contributed by atoms with Crippen LogP contribution in [-0.4, -0.2) is 23.5 Å². The summed E-state index contributed by atoms with van der Waals surface area (Å²) < 4.78 is 6.31. The van der Waals surface area contributed by atoms with Crippen molar-refractivity contribution in [1.82, 2.24) is 0 Å². The lowest BCUT2D eigenvalue weighted by Crippen LogP contribution is -2.20. The highest BCUT2D eigenvalue weighted by Crippen LogP contribution is 2.27. The Labute approximate surface area is 213 Å². The van der Waals surface area contributed by atoms with E-state index in [0.29, 0.717) is 31.5 Å². The minimum Gasteiger partial charge on any atom is -0.508 e. The number of phenols is 1. The van der Waals surface area contributed by atoms with Gasteiger partial charge in [0.2, 0.25) is 0 Å². The number of rotatable bonds is 7. The van der Waals surface area contributed by atoms with Crippen molar-refractivity contribution < 1.29 is 19.4 Å². The van der Waals surface area contributed by atoms with Gasteiger partial charge in [-0.25, -0.2) is 0 Å². The molecule has 0 radical (unpaired) electrons. The minimum absolute atomic E-state index is 0.0492. The van der Waals surface area contributed by atoms with Gasteiger partial charge in [-0.3, -0.25) is 9.59 Å². The number of nitriles is 1. The molecule has 0 saturated carbocycles. The zero-order valence-electron chi connectivity index (χ0n) is 17.3. The zero-order valence-corrected chi connectivity index (χ0v) is 20.4. The number of carbonyl (C=O) groups excluding carboxylic acids is 2. The van der Waals surface area contributed by atoms with E-state index in [4.69, 9.17) is 27.9 Å².